The molecule has 4 rings (SSSR count). The molecule has 1 amide bonds. The van der Waals surface area contributed by atoms with E-state index >= 15 is 0 Å². The van der Waals surface area contributed by atoms with Crippen molar-refractivity contribution >= 4 is 34.6 Å². The fourth-order valence-electron chi connectivity index (χ4n) is 3.80. The molecule has 0 N–H and O–H groups in total. The molecule has 1 heterocycles. The number of halogens is 1. The number of benzene rings is 2. The Hall–Kier alpha value is -2.60. The lowest BCUT2D eigenvalue weighted by atomic mass is 9.94. The average molecular weight is 411 g/mol. The number of methoxy groups -OCH3 is 1. The number of rotatable bonds is 4. The summed E-state index contributed by atoms with van der Waals surface area (Å²) >= 11 is 1.30. The van der Waals surface area contributed by atoms with E-state index in [-0.39, 0.29) is 23.5 Å². The third-order valence-electron chi connectivity index (χ3n) is 5.27. The zero-order chi connectivity index (χ0) is 20.2. The Bertz CT molecular complexity index is 967. The highest BCUT2D eigenvalue weighted by atomic mass is 32.2. The second-order valence-electron chi connectivity index (χ2n) is 7.17. The number of aliphatic imine (C=N–C) groups is 1. The highest BCUT2D eigenvalue weighted by Crippen LogP contribution is 2.39. The number of hydrogen-bond donors (Lipinski definition) is 0. The van der Waals surface area contributed by atoms with Crippen molar-refractivity contribution in [2.45, 2.75) is 38.1 Å². The average Bonchev–Trinajstić information content (AvgIpc) is 3.05. The van der Waals surface area contributed by atoms with Crippen molar-refractivity contribution in [2.75, 3.05) is 7.11 Å². The Morgan fingerprint density at radius 2 is 1.83 bits per heavy atom. The van der Waals surface area contributed by atoms with Crippen LogP contribution in [0.1, 0.15) is 37.7 Å². The van der Waals surface area contributed by atoms with Crippen LogP contribution in [0.2, 0.25) is 0 Å². The first-order chi connectivity index (χ1) is 14.2. The molecular formula is C23H23FN2O2S. The summed E-state index contributed by atoms with van der Waals surface area (Å²) in [5.74, 6) is 0.249. The van der Waals surface area contributed by atoms with Crippen LogP contribution < -0.4 is 4.74 Å². The maximum Gasteiger partial charge on any atom is 0.267 e. The molecule has 1 saturated carbocycles. The van der Waals surface area contributed by atoms with Crippen molar-refractivity contribution in [1.82, 2.24) is 4.90 Å². The monoisotopic (exact) mass is 410 g/mol. The fraction of sp³-hybridized carbons (Fsp3) is 0.304. The minimum atomic E-state index is -0.390. The van der Waals surface area contributed by atoms with Gasteiger partial charge in [0.2, 0.25) is 0 Å². The lowest BCUT2D eigenvalue weighted by Gasteiger charge is -2.30. The molecule has 0 aromatic heterocycles. The summed E-state index contributed by atoms with van der Waals surface area (Å²) in [6.07, 6.45) is 7.12. The van der Waals surface area contributed by atoms with Gasteiger partial charge in [0.05, 0.1) is 12.0 Å². The van der Waals surface area contributed by atoms with Gasteiger partial charge in [-0.1, -0.05) is 49.6 Å². The van der Waals surface area contributed by atoms with E-state index < -0.39 is 0 Å². The maximum atomic E-state index is 14.2. The van der Waals surface area contributed by atoms with Crippen LogP contribution in [0.15, 0.2) is 58.4 Å². The van der Waals surface area contributed by atoms with Crippen LogP contribution in [0.4, 0.5) is 10.1 Å². The van der Waals surface area contributed by atoms with Gasteiger partial charge in [-0.05, 0) is 48.9 Å². The molecule has 2 aromatic carbocycles. The van der Waals surface area contributed by atoms with Crippen molar-refractivity contribution in [3.8, 4) is 5.75 Å². The zero-order valence-corrected chi connectivity index (χ0v) is 17.1. The predicted octanol–water partition coefficient (Wildman–Crippen LogP) is 5.77. The van der Waals surface area contributed by atoms with Gasteiger partial charge in [-0.15, -0.1) is 0 Å². The molecule has 2 fully saturated rings. The summed E-state index contributed by atoms with van der Waals surface area (Å²) in [5, 5.41) is 0.549. The van der Waals surface area contributed by atoms with Gasteiger partial charge in [-0.25, -0.2) is 9.38 Å². The minimum absolute atomic E-state index is 0.0668. The summed E-state index contributed by atoms with van der Waals surface area (Å²) in [6.45, 7) is 0. The number of amidine groups is 1. The molecule has 0 radical (unpaired) electrons. The summed E-state index contributed by atoms with van der Waals surface area (Å²) in [5.41, 5.74) is 1.09. The molecule has 2 aromatic rings. The smallest absolute Gasteiger partial charge is 0.267 e. The lowest BCUT2D eigenvalue weighted by molar-refractivity contribution is -0.124. The molecule has 4 nitrogen and oxygen atoms in total. The Morgan fingerprint density at radius 1 is 1.10 bits per heavy atom. The molecule has 1 saturated heterocycles. The number of thioether (sulfide) groups is 1. The first-order valence-electron chi connectivity index (χ1n) is 9.86. The van der Waals surface area contributed by atoms with E-state index in [9.17, 15) is 9.18 Å². The molecule has 150 valence electrons. The van der Waals surface area contributed by atoms with Gasteiger partial charge >= 0.3 is 0 Å². The van der Waals surface area contributed by atoms with Gasteiger partial charge < -0.3 is 4.74 Å². The molecule has 0 atom stereocenters. The highest BCUT2D eigenvalue weighted by Gasteiger charge is 2.38. The fourth-order valence-corrected chi connectivity index (χ4v) is 4.84. The topological polar surface area (TPSA) is 41.9 Å². The Morgan fingerprint density at radius 3 is 2.59 bits per heavy atom. The summed E-state index contributed by atoms with van der Waals surface area (Å²) in [7, 11) is 1.61. The van der Waals surface area contributed by atoms with Crippen molar-refractivity contribution in [3.63, 3.8) is 0 Å². The van der Waals surface area contributed by atoms with Crippen LogP contribution in [0.5, 0.6) is 5.75 Å². The van der Waals surface area contributed by atoms with Gasteiger partial charge in [-0.2, -0.15) is 0 Å². The first-order valence-corrected chi connectivity index (χ1v) is 10.7. The van der Waals surface area contributed by atoms with Crippen LogP contribution in [-0.2, 0) is 4.79 Å². The standard InChI is InChI=1S/C23H23FN2O2S/c1-28-20-14-8-5-9-16(20)15-21-22(27)26(17-10-3-2-4-11-17)23(29-21)25-19-13-7-6-12-18(19)24/h5-9,12-15,17H,2-4,10-11H2,1H3/b21-15-,25-23?. The number of para-hydroxylation sites is 2. The number of ether oxygens (including phenoxy) is 1. The molecule has 6 heteroatoms. The van der Waals surface area contributed by atoms with Crippen molar-refractivity contribution in [2.24, 2.45) is 4.99 Å². The summed E-state index contributed by atoms with van der Waals surface area (Å²) < 4.78 is 19.6. The van der Waals surface area contributed by atoms with Crippen molar-refractivity contribution < 1.29 is 13.9 Å². The number of carbonyl (C=O) groups is 1. The molecule has 0 bridgehead atoms. The van der Waals surface area contributed by atoms with Crippen molar-refractivity contribution in [3.05, 3.63) is 64.8 Å². The first kappa shape index (κ1) is 19.7. The number of amides is 1. The van der Waals surface area contributed by atoms with Gasteiger partial charge in [0.15, 0.2) is 5.17 Å². The Kier molecular flexibility index (Phi) is 6.00. The normalized spacial score (nSPS) is 20.6. The Balaban J connectivity index is 1.74. The molecule has 0 spiro atoms. The lowest BCUT2D eigenvalue weighted by Crippen LogP contribution is -2.40. The molecule has 1 aliphatic heterocycles. The zero-order valence-electron chi connectivity index (χ0n) is 16.3. The number of hydrogen-bond acceptors (Lipinski definition) is 4. The minimum Gasteiger partial charge on any atom is -0.496 e. The molecular weight excluding hydrogens is 387 g/mol. The van der Waals surface area contributed by atoms with E-state index in [1.54, 1.807) is 30.2 Å². The predicted molar refractivity (Wildman–Crippen MR) is 116 cm³/mol. The third-order valence-corrected chi connectivity index (χ3v) is 6.25. The Labute approximate surface area is 174 Å². The SMILES string of the molecule is COc1ccccc1/C=C1\SC(=Nc2ccccc2F)N(C2CCCCC2)C1=O. The van der Waals surface area contributed by atoms with Gasteiger partial charge in [0, 0.05) is 11.6 Å². The second-order valence-corrected chi connectivity index (χ2v) is 8.17. The molecule has 0 unspecified atom stereocenters. The van der Waals surface area contributed by atoms with E-state index in [0.717, 1.165) is 31.2 Å². The van der Waals surface area contributed by atoms with E-state index in [0.29, 0.717) is 15.8 Å². The maximum absolute atomic E-state index is 14.2. The quantitative estimate of drug-likeness (QED) is 0.601. The highest BCUT2D eigenvalue weighted by molar-refractivity contribution is 8.18. The largest absolute Gasteiger partial charge is 0.496 e. The second kappa shape index (κ2) is 8.82. The van der Waals surface area contributed by atoms with Gasteiger partial charge in [0.1, 0.15) is 17.3 Å². The molecule has 29 heavy (non-hydrogen) atoms. The van der Waals surface area contributed by atoms with Crippen LogP contribution >= 0.6 is 11.8 Å². The van der Waals surface area contributed by atoms with Gasteiger partial charge in [0.25, 0.3) is 5.91 Å². The summed E-state index contributed by atoms with van der Waals surface area (Å²) in [6, 6.07) is 14.1. The number of nitrogens with zero attached hydrogens (tertiary/aromatic N) is 2. The molecule has 1 aliphatic carbocycles. The summed E-state index contributed by atoms with van der Waals surface area (Å²) in [4.78, 5) is 20.2. The van der Waals surface area contributed by atoms with Crippen LogP contribution in [-0.4, -0.2) is 29.1 Å². The number of carbonyl (C=O) groups excluding carboxylic acids is 1. The van der Waals surface area contributed by atoms with Crippen LogP contribution in [0.25, 0.3) is 6.08 Å². The van der Waals surface area contributed by atoms with E-state index in [1.807, 2.05) is 30.3 Å². The van der Waals surface area contributed by atoms with E-state index in [2.05, 4.69) is 4.99 Å². The van der Waals surface area contributed by atoms with Crippen molar-refractivity contribution in [1.29, 1.82) is 0 Å². The van der Waals surface area contributed by atoms with Gasteiger partial charge in [-0.3, -0.25) is 9.69 Å². The van der Waals surface area contributed by atoms with E-state index in [1.165, 1.54) is 24.2 Å². The van der Waals surface area contributed by atoms with Crippen LogP contribution in [0.3, 0.4) is 0 Å². The molecule has 2 aliphatic rings. The van der Waals surface area contributed by atoms with E-state index in [4.69, 9.17) is 4.74 Å². The van der Waals surface area contributed by atoms with Crippen LogP contribution in [0, 0.1) is 5.82 Å². The third kappa shape index (κ3) is 4.22.